The molecule has 160 valence electrons. The lowest BCUT2D eigenvalue weighted by Gasteiger charge is -2.13. The van der Waals surface area contributed by atoms with E-state index in [1.165, 1.54) is 24.8 Å². The molecule has 2 N–H and O–H groups in total. The molecule has 4 aromatic rings. The van der Waals surface area contributed by atoms with Crippen molar-refractivity contribution in [1.29, 1.82) is 0 Å². The number of carbonyl (C=O) groups excluding carboxylic acids is 1. The first kappa shape index (κ1) is 21.0. The van der Waals surface area contributed by atoms with E-state index in [4.69, 9.17) is 10.5 Å². The molecule has 0 spiro atoms. The molecule has 4 rings (SSSR count). The average Bonchev–Trinajstić information content (AvgIpc) is 3.08. The molecule has 3 aromatic carbocycles. The Labute approximate surface area is 183 Å². The topological polar surface area (TPSA) is 57.2 Å². The maximum atomic E-state index is 12.2. The van der Waals surface area contributed by atoms with Crippen molar-refractivity contribution >= 4 is 27.7 Å². The number of hydrogen-bond acceptors (Lipinski definition) is 2. The van der Waals surface area contributed by atoms with E-state index >= 15 is 0 Å². The van der Waals surface area contributed by atoms with Crippen LogP contribution in [0.15, 0.2) is 60.7 Å². The van der Waals surface area contributed by atoms with Crippen LogP contribution >= 0.6 is 0 Å². The molecule has 0 fully saturated rings. The van der Waals surface area contributed by atoms with E-state index in [2.05, 4.69) is 41.8 Å². The number of aryl methyl sites for hydroxylation is 1. The van der Waals surface area contributed by atoms with Gasteiger partial charge in [0.25, 0.3) is 0 Å². The molecule has 4 heteroatoms. The number of primary amides is 1. The Morgan fingerprint density at radius 2 is 1.81 bits per heavy atom. The van der Waals surface area contributed by atoms with Gasteiger partial charge in [-0.3, -0.25) is 4.79 Å². The Balaban J connectivity index is 1.91. The predicted molar refractivity (Wildman–Crippen MR) is 128 cm³/mol. The van der Waals surface area contributed by atoms with Crippen molar-refractivity contribution in [3.8, 4) is 5.75 Å². The molecule has 1 heterocycles. The van der Waals surface area contributed by atoms with Gasteiger partial charge in [0.15, 0.2) is 0 Å². The Morgan fingerprint density at radius 1 is 0.968 bits per heavy atom. The van der Waals surface area contributed by atoms with Crippen molar-refractivity contribution in [1.82, 2.24) is 4.57 Å². The third-order valence-corrected chi connectivity index (χ3v) is 5.89. The fraction of sp³-hybridized carbons (Fsp3) is 0.296. The molecule has 0 saturated heterocycles. The molecule has 0 radical (unpaired) electrons. The SMILES string of the molecule is CCCCCc1ccc2c3c(C(N)=O)cccc3n(Cc3ccccc3OCC)c2c1. The molecule has 0 saturated carbocycles. The second-order valence-electron chi connectivity index (χ2n) is 8.00. The lowest BCUT2D eigenvalue weighted by Crippen LogP contribution is -2.11. The summed E-state index contributed by atoms with van der Waals surface area (Å²) in [6.07, 6.45) is 4.68. The van der Waals surface area contributed by atoms with E-state index in [1.54, 1.807) is 0 Å². The highest BCUT2D eigenvalue weighted by Gasteiger charge is 2.17. The van der Waals surface area contributed by atoms with Gasteiger partial charge in [0.2, 0.25) is 5.91 Å². The summed E-state index contributed by atoms with van der Waals surface area (Å²) in [6, 6.07) is 20.6. The molecule has 1 amide bonds. The number of nitrogens with zero attached hydrogens (tertiary/aromatic N) is 1. The van der Waals surface area contributed by atoms with Gasteiger partial charge in [-0.15, -0.1) is 0 Å². The van der Waals surface area contributed by atoms with Crippen LogP contribution in [0.2, 0.25) is 0 Å². The summed E-state index contributed by atoms with van der Waals surface area (Å²) < 4.78 is 8.16. The molecule has 0 aliphatic heterocycles. The summed E-state index contributed by atoms with van der Waals surface area (Å²) in [4.78, 5) is 12.2. The summed E-state index contributed by atoms with van der Waals surface area (Å²) in [5, 5.41) is 2.00. The van der Waals surface area contributed by atoms with Gasteiger partial charge in [0.1, 0.15) is 5.75 Å². The fourth-order valence-electron chi connectivity index (χ4n) is 4.40. The van der Waals surface area contributed by atoms with Gasteiger partial charge in [-0.25, -0.2) is 0 Å². The predicted octanol–water partition coefficient (Wildman–Crippen LogP) is 6.07. The van der Waals surface area contributed by atoms with Crippen LogP contribution < -0.4 is 10.5 Å². The van der Waals surface area contributed by atoms with E-state index in [1.807, 2.05) is 37.3 Å². The lowest BCUT2D eigenvalue weighted by atomic mass is 10.0. The average molecular weight is 415 g/mol. The van der Waals surface area contributed by atoms with Gasteiger partial charge in [-0.1, -0.05) is 56.2 Å². The second-order valence-corrected chi connectivity index (χ2v) is 8.00. The van der Waals surface area contributed by atoms with Gasteiger partial charge in [-0.2, -0.15) is 0 Å². The zero-order chi connectivity index (χ0) is 21.8. The molecule has 1 aromatic heterocycles. The van der Waals surface area contributed by atoms with E-state index < -0.39 is 5.91 Å². The molecule has 0 bridgehead atoms. The Hall–Kier alpha value is -3.27. The number of hydrogen-bond donors (Lipinski definition) is 1. The van der Waals surface area contributed by atoms with Crippen molar-refractivity contribution in [3.63, 3.8) is 0 Å². The van der Waals surface area contributed by atoms with Crippen LogP contribution in [0.25, 0.3) is 21.8 Å². The maximum absolute atomic E-state index is 12.2. The molecule has 0 aliphatic carbocycles. The van der Waals surface area contributed by atoms with Crippen LogP contribution in [0.3, 0.4) is 0 Å². The number of fused-ring (bicyclic) bond motifs is 3. The van der Waals surface area contributed by atoms with Crippen LogP contribution in [0.4, 0.5) is 0 Å². The number of amides is 1. The molecule has 31 heavy (non-hydrogen) atoms. The van der Waals surface area contributed by atoms with Gasteiger partial charge < -0.3 is 15.0 Å². The first-order chi connectivity index (χ1) is 15.1. The molecule has 0 aliphatic rings. The van der Waals surface area contributed by atoms with Crippen molar-refractivity contribution < 1.29 is 9.53 Å². The smallest absolute Gasteiger partial charge is 0.249 e. The van der Waals surface area contributed by atoms with Crippen LogP contribution in [0.5, 0.6) is 5.75 Å². The standard InChI is InChI=1S/C27H30N2O2/c1-3-5-6-10-19-15-16-21-24(17-19)29(18-20-11-7-8-14-25(20)31-4-2)23-13-9-12-22(26(21)23)27(28)30/h7-9,11-17H,3-6,10,18H2,1-2H3,(H2,28,30). The minimum absolute atomic E-state index is 0.397. The monoisotopic (exact) mass is 414 g/mol. The Kier molecular flexibility index (Phi) is 6.26. The largest absolute Gasteiger partial charge is 0.494 e. The Bertz CT molecular complexity index is 1220. The van der Waals surface area contributed by atoms with E-state index in [9.17, 15) is 4.79 Å². The molecule has 0 atom stereocenters. The van der Waals surface area contributed by atoms with E-state index in [-0.39, 0.29) is 0 Å². The summed E-state index contributed by atoms with van der Waals surface area (Å²) in [5.74, 6) is 0.497. The highest BCUT2D eigenvalue weighted by Crippen LogP contribution is 2.34. The first-order valence-electron chi connectivity index (χ1n) is 11.2. The third kappa shape index (κ3) is 4.15. The van der Waals surface area contributed by atoms with Gasteiger partial charge in [-0.05, 0) is 49.6 Å². The number of ether oxygens (including phenoxy) is 1. The van der Waals surface area contributed by atoms with Crippen LogP contribution in [-0.2, 0) is 13.0 Å². The summed E-state index contributed by atoms with van der Waals surface area (Å²) in [5.41, 5.74) is 10.9. The highest BCUT2D eigenvalue weighted by atomic mass is 16.5. The minimum atomic E-state index is -0.397. The Morgan fingerprint density at radius 3 is 2.58 bits per heavy atom. The number of para-hydroxylation sites is 1. The van der Waals surface area contributed by atoms with Gasteiger partial charge >= 0.3 is 0 Å². The quantitative estimate of drug-likeness (QED) is 0.338. The van der Waals surface area contributed by atoms with Crippen molar-refractivity contribution in [2.45, 2.75) is 46.1 Å². The highest BCUT2D eigenvalue weighted by molar-refractivity contribution is 6.18. The summed E-state index contributed by atoms with van der Waals surface area (Å²) in [6.45, 7) is 5.51. The zero-order valence-corrected chi connectivity index (χ0v) is 18.4. The number of carbonyl (C=O) groups is 1. The van der Waals surface area contributed by atoms with E-state index in [0.717, 1.165) is 39.5 Å². The van der Waals surface area contributed by atoms with Crippen LogP contribution in [-0.4, -0.2) is 17.1 Å². The van der Waals surface area contributed by atoms with Crippen molar-refractivity contribution in [2.24, 2.45) is 5.73 Å². The number of nitrogens with two attached hydrogens (primary N) is 1. The summed E-state index contributed by atoms with van der Waals surface area (Å²) in [7, 11) is 0. The molecular formula is C27H30N2O2. The van der Waals surface area contributed by atoms with Crippen LogP contribution in [0.1, 0.15) is 54.6 Å². The number of aromatic nitrogens is 1. The number of unbranched alkanes of at least 4 members (excludes halogenated alkanes) is 2. The van der Waals surface area contributed by atoms with E-state index in [0.29, 0.717) is 18.7 Å². The normalized spacial score (nSPS) is 11.3. The lowest BCUT2D eigenvalue weighted by molar-refractivity contribution is 0.100. The molecular weight excluding hydrogens is 384 g/mol. The number of rotatable bonds is 9. The van der Waals surface area contributed by atoms with Gasteiger partial charge in [0.05, 0.1) is 18.7 Å². The summed E-state index contributed by atoms with van der Waals surface area (Å²) >= 11 is 0. The third-order valence-electron chi connectivity index (χ3n) is 5.89. The molecule has 4 nitrogen and oxygen atoms in total. The second kappa shape index (κ2) is 9.25. The van der Waals surface area contributed by atoms with Crippen LogP contribution in [0, 0.1) is 0 Å². The minimum Gasteiger partial charge on any atom is -0.494 e. The number of benzene rings is 3. The van der Waals surface area contributed by atoms with Gasteiger partial charge in [0, 0.05) is 27.4 Å². The zero-order valence-electron chi connectivity index (χ0n) is 18.4. The first-order valence-corrected chi connectivity index (χ1v) is 11.2. The van der Waals surface area contributed by atoms with Crippen molar-refractivity contribution in [2.75, 3.05) is 6.61 Å². The maximum Gasteiger partial charge on any atom is 0.249 e. The fourth-order valence-corrected chi connectivity index (χ4v) is 4.40. The van der Waals surface area contributed by atoms with Crippen molar-refractivity contribution in [3.05, 3.63) is 77.4 Å². The molecule has 0 unspecified atom stereocenters.